The van der Waals surface area contributed by atoms with Gasteiger partial charge in [0.15, 0.2) is 5.96 Å². The minimum Gasteiger partial charge on any atom is -0.383 e. The van der Waals surface area contributed by atoms with E-state index in [9.17, 15) is 4.79 Å². The molecule has 3 N–H and O–H groups in total. The zero-order valence-electron chi connectivity index (χ0n) is 12.1. The Balaban J connectivity index is 1.66. The number of nitrogens with one attached hydrogen (secondary N) is 3. The Kier molecular flexibility index (Phi) is 5.60. The summed E-state index contributed by atoms with van der Waals surface area (Å²) in [6, 6.07) is 0.302. The maximum Gasteiger partial charge on any atom is 0.239 e. The van der Waals surface area contributed by atoms with E-state index in [1.165, 1.54) is 0 Å². The monoisotopic (exact) mass is 284 g/mol. The largest absolute Gasteiger partial charge is 0.383 e. The summed E-state index contributed by atoms with van der Waals surface area (Å²) >= 11 is 0. The molecule has 0 spiro atoms. The number of hydrogen-bond acceptors (Lipinski definition) is 4. The summed E-state index contributed by atoms with van der Waals surface area (Å²) in [6.07, 6.45) is 3.97. The first-order chi connectivity index (χ1) is 9.72. The zero-order chi connectivity index (χ0) is 14.4. The van der Waals surface area contributed by atoms with Gasteiger partial charge in [-0.05, 0) is 19.3 Å². The van der Waals surface area contributed by atoms with Crippen LogP contribution in [-0.2, 0) is 14.3 Å². The fourth-order valence-corrected chi connectivity index (χ4v) is 2.68. The van der Waals surface area contributed by atoms with Gasteiger partial charge in [-0.1, -0.05) is 0 Å². The van der Waals surface area contributed by atoms with Crippen LogP contribution in [0.25, 0.3) is 0 Å². The number of ether oxygens (including phenoxy) is 2. The zero-order valence-corrected chi connectivity index (χ0v) is 12.1. The van der Waals surface area contributed by atoms with Crippen molar-refractivity contribution in [1.82, 2.24) is 16.0 Å². The van der Waals surface area contributed by atoms with Crippen LogP contribution in [0, 0.1) is 0 Å². The molecule has 7 nitrogen and oxygen atoms in total. The number of fused-ring (bicyclic) bond motifs is 2. The van der Waals surface area contributed by atoms with Gasteiger partial charge in [0.1, 0.15) is 0 Å². The Hall–Kier alpha value is -1.34. The number of methoxy groups -OCH3 is 1. The van der Waals surface area contributed by atoms with Crippen LogP contribution in [0.2, 0.25) is 0 Å². The third-order valence-electron chi connectivity index (χ3n) is 3.70. The Bertz CT molecular complexity index is 362. The Morgan fingerprint density at radius 2 is 2.25 bits per heavy atom. The van der Waals surface area contributed by atoms with Gasteiger partial charge in [-0.15, -0.1) is 0 Å². The highest BCUT2D eigenvalue weighted by Crippen LogP contribution is 2.34. The van der Waals surface area contributed by atoms with Crippen molar-refractivity contribution in [1.29, 1.82) is 0 Å². The quantitative estimate of drug-likeness (QED) is 0.339. The minimum atomic E-state index is -0.0748. The maximum absolute atomic E-state index is 11.6. The third kappa shape index (κ3) is 4.08. The molecular weight excluding hydrogens is 260 g/mol. The lowest BCUT2D eigenvalue weighted by atomic mass is 9.96. The first-order valence-electron chi connectivity index (χ1n) is 7.11. The fourth-order valence-electron chi connectivity index (χ4n) is 2.68. The summed E-state index contributed by atoms with van der Waals surface area (Å²) in [5.41, 5.74) is 0. The molecule has 2 aliphatic heterocycles. The number of guanidine groups is 1. The van der Waals surface area contributed by atoms with Crippen LogP contribution in [0.3, 0.4) is 0 Å². The number of aliphatic imine (C=N–C) groups is 1. The van der Waals surface area contributed by atoms with Crippen molar-refractivity contribution in [3.05, 3.63) is 0 Å². The second kappa shape index (κ2) is 7.44. The van der Waals surface area contributed by atoms with Gasteiger partial charge < -0.3 is 25.4 Å². The standard InChI is InChI=1S/C13H24N4O3/c1-14-13(16-8-12(18)15-5-6-19-2)17-10-7-9-3-4-11(10)20-9/h9-11H,3-8H2,1-2H3,(H,15,18)(H2,14,16,17). The van der Waals surface area contributed by atoms with Crippen LogP contribution in [0.5, 0.6) is 0 Å². The molecule has 0 radical (unpaired) electrons. The molecule has 114 valence electrons. The summed E-state index contributed by atoms with van der Waals surface area (Å²) in [5.74, 6) is 0.572. The SMILES string of the molecule is CN=C(NCC(=O)NCCOC)NC1CC2CCC1O2. The van der Waals surface area contributed by atoms with Gasteiger partial charge in [0, 0.05) is 20.7 Å². The van der Waals surface area contributed by atoms with E-state index >= 15 is 0 Å². The van der Waals surface area contributed by atoms with E-state index in [1.54, 1.807) is 14.2 Å². The van der Waals surface area contributed by atoms with E-state index in [1.807, 2.05) is 0 Å². The van der Waals surface area contributed by atoms with Crippen LogP contribution in [0.4, 0.5) is 0 Å². The van der Waals surface area contributed by atoms with Gasteiger partial charge in [0.25, 0.3) is 0 Å². The molecule has 2 bridgehead atoms. The van der Waals surface area contributed by atoms with Crippen molar-refractivity contribution in [2.45, 2.75) is 37.5 Å². The normalized spacial score (nSPS) is 28.5. The molecule has 1 amide bonds. The molecule has 3 unspecified atom stereocenters. The molecule has 3 atom stereocenters. The summed E-state index contributed by atoms with van der Waals surface area (Å²) in [7, 11) is 3.31. The number of rotatable bonds is 6. The predicted molar refractivity (Wildman–Crippen MR) is 75.7 cm³/mol. The highest BCUT2D eigenvalue weighted by Gasteiger charge is 2.41. The van der Waals surface area contributed by atoms with Crippen molar-refractivity contribution in [2.24, 2.45) is 4.99 Å². The van der Waals surface area contributed by atoms with Crippen molar-refractivity contribution in [3.8, 4) is 0 Å². The molecule has 0 saturated carbocycles. The summed E-state index contributed by atoms with van der Waals surface area (Å²) in [4.78, 5) is 15.7. The van der Waals surface area contributed by atoms with Gasteiger partial charge in [-0.25, -0.2) is 0 Å². The van der Waals surface area contributed by atoms with E-state index < -0.39 is 0 Å². The first-order valence-corrected chi connectivity index (χ1v) is 7.11. The van der Waals surface area contributed by atoms with E-state index in [0.717, 1.165) is 19.3 Å². The van der Waals surface area contributed by atoms with Crippen LogP contribution in [-0.4, -0.2) is 64.0 Å². The molecule has 0 aromatic carbocycles. The summed E-state index contributed by atoms with van der Waals surface area (Å²) in [5, 5.41) is 9.09. The van der Waals surface area contributed by atoms with Gasteiger partial charge in [0.05, 0.1) is 31.4 Å². The number of hydrogen-bond donors (Lipinski definition) is 3. The average molecular weight is 284 g/mol. The van der Waals surface area contributed by atoms with E-state index in [0.29, 0.717) is 31.3 Å². The fraction of sp³-hybridized carbons (Fsp3) is 0.846. The number of nitrogens with zero attached hydrogens (tertiary/aromatic N) is 1. The minimum absolute atomic E-state index is 0.0748. The van der Waals surface area contributed by atoms with E-state index in [-0.39, 0.29) is 18.6 Å². The second-order valence-corrected chi connectivity index (χ2v) is 5.13. The molecular formula is C13H24N4O3. The number of amides is 1. The molecule has 2 fully saturated rings. The van der Waals surface area contributed by atoms with Gasteiger partial charge >= 0.3 is 0 Å². The molecule has 2 aliphatic rings. The molecule has 0 aliphatic carbocycles. The highest BCUT2D eigenvalue weighted by atomic mass is 16.5. The van der Waals surface area contributed by atoms with E-state index in [2.05, 4.69) is 20.9 Å². The summed E-state index contributed by atoms with van der Waals surface area (Å²) in [6.45, 7) is 1.23. The molecule has 0 aromatic rings. The lowest BCUT2D eigenvalue weighted by Gasteiger charge is -2.22. The molecule has 2 saturated heterocycles. The van der Waals surface area contributed by atoms with Crippen LogP contribution >= 0.6 is 0 Å². The molecule has 7 heteroatoms. The van der Waals surface area contributed by atoms with Gasteiger partial charge in [-0.2, -0.15) is 0 Å². The lowest BCUT2D eigenvalue weighted by Crippen LogP contribution is -2.49. The topological polar surface area (TPSA) is 84.0 Å². The summed E-state index contributed by atoms with van der Waals surface area (Å²) < 4.78 is 10.7. The second-order valence-electron chi connectivity index (χ2n) is 5.13. The Labute approximate surface area is 119 Å². The average Bonchev–Trinajstić information content (AvgIpc) is 3.06. The number of carbonyl (C=O) groups excluding carboxylic acids is 1. The Morgan fingerprint density at radius 3 is 2.85 bits per heavy atom. The smallest absolute Gasteiger partial charge is 0.239 e. The van der Waals surface area contributed by atoms with Crippen molar-refractivity contribution >= 4 is 11.9 Å². The van der Waals surface area contributed by atoms with E-state index in [4.69, 9.17) is 9.47 Å². The van der Waals surface area contributed by atoms with Gasteiger partial charge in [-0.3, -0.25) is 9.79 Å². The van der Waals surface area contributed by atoms with Crippen molar-refractivity contribution < 1.29 is 14.3 Å². The van der Waals surface area contributed by atoms with Crippen LogP contribution in [0.15, 0.2) is 4.99 Å². The number of carbonyl (C=O) groups is 1. The third-order valence-corrected chi connectivity index (χ3v) is 3.70. The van der Waals surface area contributed by atoms with Crippen molar-refractivity contribution in [3.63, 3.8) is 0 Å². The highest BCUT2D eigenvalue weighted by molar-refractivity contribution is 5.86. The maximum atomic E-state index is 11.6. The molecule has 2 heterocycles. The molecule has 0 aromatic heterocycles. The van der Waals surface area contributed by atoms with Crippen LogP contribution < -0.4 is 16.0 Å². The van der Waals surface area contributed by atoms with Crippen LogP contribution in [0.1, 0.15) is 19.3 Å². The Morgan fingerprint density at radius 1 is 1.40 bits per heavy atom. The first kappa shape index (κ1) is 15.1. The predicted octanol–water partition coefficient (Wildman–Crippen LogP) is -0.766. The molecule has 20 heavy (non-hydrogen) atoms. The molecule has 2 rings (SSSR count). The van der Waals surface area contributed by atoms with Crippen molar-refractivity contribution in [2.75, 3.05) is 33.9 Å². The lowest BCUT2D eigenvalue weighted by molar-refractivity contribution is -0.120. The van der Waals surface area contributed by atoms with Gasteiger partial charge in [0.2, 0.25) is 5.91 Å².